The van der Waals surface area contributed by atoms with Crippen molar-refractivity contribution in [1.29, 1.82) is 0 Å². The third kappa shape index (κ3) is 5.91. The molecule has 4 nitrogen and oxygen atoms in total. The number of nitrogens with zero attached hydrogens (tertiary/aromatic N) is 1. The Morgan fingerprint density at radius 2 is 1.95 bits per heavy atom. The van der Waals surface area contributed by atoms with Crippen molar-refractivity contribution in [3.8, 4) is 0 Å². The lowest BCUT2D eigenvalue weighted by Gasteiger charge is -2.35. The molecule has 0 rings (SSSR count). The molecule has 0 amide bonds. The van der Waals surface area contributed by atoms with E-state index in [1.807, 2.05) is 6.92 Å². The molecule has 0 saturated heterocycles. The number of ether oxygens (including phenoxy) is 1. The molecule has 0 radical (unpaired) electrons. The molecule has 0 aliphatic rings. The number of hydrogen-bond donors (Lipinski definition) is 1. The molecule has 2 atom stereocenters. The highest BCUT2D eigenvalue weighted by Crippen LogP contribution is 2.18. The molecule has 1 N–H and O–H groups in total. The second-order valence-electron chi connectivity index (χ2n) is 5.43. The van der Waals surface area contributed by atoms with Crippen molar-refractivity contribution >= 4 is 5.97 Å². The van der Waals surface area contributed by atoms with Crippen LogP contribution in [0.2, 0.25) is 0 Å². The van der Waals surface area contributed by atoms with Crippen molar-refractivity contribution in [2.75, 3.05) is 26.7 Å². The monoisotopic (exact) mass is 272 g/mol. The molecule has 114 valence electrons. The summed E-state index contributed by atoms with van der Waals surface area (Å²) in [5.41, 5.74) is -0.592. The summed E-state index contributed by atoms with van der Waals surface area (Å²) in [6.07, 6.45) is 2.91. The lowest BCUT2D eigenvalue weighted by atomic mass is 9.92. The summed E-state index contributed by atoms with van der Waals surface area (Å²) in [6.45, 7) is 13.5. The van der Waals surface area contributed by atoms with E-state index >= 15 is 0 Å². The molecule has 0 bridgehead atoms. The van der Waals surface area contributed by atoms with Gasteiger partial charge in [0.2, 0.25) is 0 Å². The van der Waals surface area contributed by atoms with Crippen LogP contribution < -0.4 is 5.32 Å². The number of carbonyl (C=O) groups excluding carboxylic acids is 1. The summed E-state index contributed by atoms with van der Waals surface area (Å²) in [5, 5.41) is 3.35. The molecule has 19 heavy (non-hydrogen) atoms. The summed E-state index contributed by atoms with van der Waals surface area (Å²) >= 11 is 0. The maximum Gasteiger partial charge on any atom is 0.325 e. The minimum absolute atomic E-state index is 0.166. The molecule has 0 fully saturated rings. The van der Waals surface area contributed by atoms with Crippen molar-refractivity contribution in [1.82, 2.24) is 10.2 Å². The minimum atomic E-state index is -0.592. The van der Waals surface area contributed by atoms with E-state index in [-0.39, 0.29) is 5.97 Å². The van der Waals surface area contributed by atoms with E-state index in [2.05, 4.69) is 37.9 Å². The van der Waals surface area contributed by atoms with Gasteiger partial charge in [0.25, 0.3) is 0 Å². The van der Waals surface area contributed by atoms with Crippen LogP contribution in [0.4, 0.5) is 0 Å². The van der Waals surface area contributed by atoms with Gasteiger partial charge in [0.05, 0.1) is 7.11 Å². The number of carbonyl (C=O) groups is 1. The van der Waals surface area contributed by atoms with Gasteiger partial charge in [-0.15, -0.1) is 0 Å². The van der Waals surface area contributed by atoms with E-state index in [0.717, 1.165) is 38.9 Å². The molecule has 2 unspecified atom stereocenters. The molecular weight excluding hydrogens is 240 g/mol. The van der Waals surface area contributed by atoms with E-state index in [1.165, 1.54) is 7.11 Å². The van der Waals surface area contributed by atoms with Crippen LogP contribution in [0.1, 0.15) is 53.9 Å². The van der Waals surface area contributed by atoms with Gasteiger partial charge in [-0.1, -0.05) is 20.8 Å². The molecule has 4 heteroatoms. The molecule has 0 aromatic heterocycles. The molecule has 0 saturated carbocycles. The van der Waals surface area contributed by atoms with E-state index in [0.29, 0.717) is 6.04 Å². The second-order valence-corrected chi connectivity index (χ2v) is 5.43. The van der Waals surface area contributed by atoms with Crippen molar-refractivity contribution in [3.05, 3.63) is 0 Å². The van der Waals surface area contributed by atoms with Crippen molar-refractivity contribution < 1.29 is 9.53 Å². The fraction of sp³-hybridized carbons (Fsp3) is 0.933. The zero-order valence-electron chi connectivity index (χ0n) is 13.6. The van der Waals surface area contributed by atoms with Crippen LogP contribution in [0.5, 0.6) is 0 Å². The topological polar surface area (TPSA) is 41.6 Å². The summed E-state index contributed by atoms with van der Waals surface area (Å²) in [7, 11) is 1.46. The van der Waals surface area contributed by atoms with Crippen LogP contribution >= 0.6 is 0 Å². The second kappa shape index (κ2) is 9.32. The lowest BCUT2D eigenvalue weighted by molar-refractivity contribution is -0.148. The maximum absolute atomic E-state index is 12.0. The van der Waals surface area contributed by atoms with Crippen LogP contribution in [-0.4, -0.2) is 49.2 Å². The van der Waals surface area contributed by atoms with Crippen molar-refractivity contribution in [2.45, 2.75) is 65.5 Å². The standard InChI is InChI=1S/C15H32N2O2/c1-7-10-16-15(5,14(18)19-6)12-13(4)17(9-3)11-8-2/h13,16H,7-12H2,1-6H3. The molecule has 0 aromatic carbocycles. The number of nitrogens with one attached hydrogen (secondary N) is 1. The first-order valence-electron chi connectivity index (χ1n) is 7.52. The number of hydrogen-bond acceptors (Lipinski definition) is 4. The van der Waals surface area contributed by atoms with Gasteiger partial charge in [-0.25, -0.2) is 0 Å². The van der Waals surface area contributed by atoms with Crippen LogP contribution in [0.3, 0.4) is 0 Å². The molecule has 0 heterocycles. The Labute approximate surface area is 118 Å². The van der Waals surface area contributed by atoms with E-state index in [1.54, 1.807) is 0 Å². The van der Waals surface area contributed by atoms with Crippen LogP contribution in [0.15, 0.2) is 0 Å². The first-order chi connectivity index (χ1) is 8.95. The van der Waals surface area contributed by atoms with Gasteiger partial charge in [-0.3, -0.25) is 4.79 Å². The third-order valence-corrected chi connectivity index (χ3v) is 3.65. The Morgan fingerprint density at radius 3 is 2.37 bits per heavy atom. The van der Waals surface area contributed by atoms with Crippen LogP contribution in [0.25, 0.3) is 0 Å². The van der Waals surface area contributed by atoms with Gasteiger partial charge >= 0.3 is 5.97 Å². The Bertz CT molecular complexity index is 259. The average Bonchev–Trinajstić information content (AvgIpc) is 2.41. The highest BCUT2D eigenvalue weighted by molar-refractivity contribution is 5.80. The smallest absolute Gasteiger partial charge is 0.325 e. The number of methoxy groups -OCH3 is 1. The van der Waals surface area contributed by atoms with Crippen molar-refractivity contribution in [3.63, 3.8) is 0 Å². The van der Waals surface area contributed by atoms with E-state index < -0.39 is 5.54 Å². The summed E-state index contributed by atoms with van der Waals surface area (Å²) in [5.74, 6) is -0.166. The Balaban J connectivity index is 4.74. The summed E-state index contributed by atoms with van der Waals surface area (Å²) in [6, 6.07) is 0.360. The highest BCUT2D eigenvalue weighted by Gasteiger charge is 2.36. The fourth-order valence-corrected chi connectivity index (χ4v) is 2.55. The molecule has 0 aromatic rings. The predicted molar refractivity (Wildman–Crippen MR) is 80.3 cm³/mol. The van der Waals surface area contributed by atoms with Crippen molar-refractivity contribution in [2.24, 2.45) is 0 Å². The largest absolute Gasteiger partial charge is 0.468 e. The first kappa shape index (κ1) is 18.4. The highest BCUT2D eigenvalue weighted by atomic mass is 16.5. The molecular formula is C15H32N2O2. The lowest BCUT2D eigenvalue weighted by Crippen LogP contribution is -2.54. The molecule has 0 aliphatic carbocycles. The van der Waals surface area contributed by atoms with Gasteiger partial charge in [-0.2, -0.15) is 0 Å². The summed E-state index contributed by atoms with van der Waals surface area (Å²) < 4.78 is 4.97. The first-order valence-corrected chi connectivity index (χ1v) is 7.52. The summed E-state index contributed by atoms with van der Waals surface area (Å²) in [4.78, 5) is 14.5. The molecule has 0 spiro atoms. The maximum atomic E-state index is 12.0. The SMILES string of the molecule is CCCNC(C)(CC(C)N(CC)CCC)C(=O)OC. The average molecular weight is 272 g/mol. The molecule has 0 aliphatic heterocycles. The Kier molecular flexibility index (Phi) is 9.02. The third-order valence-electron chi connectivity index (χ3n) is 3.65. The quantitative estimate of drug-likeness (QED) is 0.620. The van der Waals surface area contributed by atoms with Crippen LogP contribution in [0, 0.1) is 0 Å². The Morgan fingerprint density at radius 1 is 1.32 bits per heavy atom. The fourth-order valence-electron chi connectivity index (χ4n) is 2.55. The van der Waals surface area contributed by atoms with Gasteiger partial charge in [-0.05, 0) is 52.7 Å². The predicted octanol–water partition coefficient (Wildman–Crippen LogP) is 2.43. The van der Waals surface area contributed by atoms with Gasteiger partial charge in [0.15, 0.2) is 0 Å². The zero-order chi connectivity index (χ0) is 14.9. The number of esters is 1. The normalized spacial score (nSPS) is 16.2. The minimum Gasteiger partial charge on any atom is -0.468 e. The Hall–Kier alpha value is -0.610. The zero-order valence-corrected chi connectivity index (χ0v) is 13.6. The van der Waals surface area contributed by atoms with Gasteiger partial charge in [0.1, 0.15) is 5.54 Å². The van der Waals surface area contributed by atoms with Gasteiger partial charge < -0.3 is 15.0 Å². The van der Waals surface area contributed by atoms with Crippen LogP contribution in [-0.2, 0) is 9.53 Å². The number of rotatable bonds is 10. The van der Waals surface area contributed by atoms with Gasteiger partial charge in [0, 0.05) is 6.04 Å². The van der Waals surface area contributed by atoms with E-state index in [9.17, 15) is 4.79 Å². The van der Waals surface area contributed by atoms with E-state index in [4.69, 9.17) is 4.74 Å².